The number of nitrogens with zero attached hydrogens (tertiary/aromatic N) is 2. The zero-order valence-corrected chi connectivity index (χ0v) is 19.0. The molecule has 1 unspecified atom stereocenters. The Bertz CT molecular complexity index is 1600. The van der Waals surface area contributed by atoms with Gasteiger partial charge in [0.2, 0.25) is 0 Å². The van der Waals surface area contributed by atoms with E-state index in [4.69, 9.17) is 16.6 Å². The Labute approximate surface area is 198 Å². The van der Waals surface area contributed by atoms with E-state index in [1.54, 1.807) is 22.8 Å². The number of benzene rings is 3. The fourth-order valence-corrected chi connectivity index (χ4v) is 5.80. The molecular formula is C27H18ClFN2OS. The quantitative estimate of drug-likeness (QED) is 0.399. The molecule has 0 bridgehead atoms. The molecule has 1 aliphatic heterocycles. The van der Waals surface area contributed by atoms with Crippen LogP contribution in [0.15, 0.2) is 88.2 Å². The topological polar surface area (TPSA) is 34.4 Å². The van der Waals surface area contributed by atoms with E-state index in [0.717, 1.165) is 40.8 Å². The number of hydrogen-bond donors (Lipinski definition) is 0. The minimum atomic E-state index is -0.303. The number of halogens is 2. The van der Waals surface area contributed by atoms with E-state index in [1.165, 1.54) is 29.0 Å². The summed E-state index contributed by atoms with van der Waals surface area (Å²) in [5.74, 6) is -0.303. The van der Waals surface area contributed by atoms with Crippen molar-refractivity contribution in [2.45, 2.75) is 18.9 Å². The molecule has 6 rings (SSSR count). The Morgan fingerprint density at radius 1 is 1.00 bits per heavy atom. The van der Waals surface area contributed by atoms with Gasteiger partial charge in [0.1, 0.15) is 5.82 Å². The van der Waals surface area contributed by atoms with Crippen molar-refractivity contribution >= 4 is 34.7 Å². The summed E-state index contributed by atoms with van der Waals surface area (Å²) in [5, 5.41) is 0.658. The van der Waals surface area contributed by atoms with Crippen molar-refractivity contribution in [2.75, 3.05) is 0 Å². The Balaban J connectivity index is 1.62. The van der Waals surface area contributed by atoms with Crippen molar-refractivity contribution in [3.63, 3.8) is 0 Å². The minimum Gasteiger partial charge on any atom is -0.272 e. The number of fused-ring (bicyclic) bond motifs is 3. The van der Waals surface area contributed by atoms with Gasteiger partial charge in [-0.15, -0.1) is 0 Å². The van der Waals surface area contributed by atoms with Crippen LogP contribution in [0.5, 0.6) is 0 Å². The molecule has 0 radical (unpaired) electrons. The first-order valence-electron chi connectivity index (χ1n) is 10.7. The van der Waals surface area contributed by atoms with E-state index in [9.17, 15) is 9.18 Å². The van der Waals surface area contributed by atoms with Gasteiger partial charge in [-0.25, -0.2) is 9.38 Å². The second kappa shape index (κ2) is 7.94. The molecule has 3 aromatic carbocycles. The number of thiazole rings is 1. The molecule has 3 nitrogen and oxygen atoms in total. The van der Waals surface area contributed by atoms with E-state index in [2.05, 4.69) is 18.2 Å². The van der Waals surface area contributed by atoms with E-state index < -0.39 is 0 Å². The van der Waals surface area contributed by atoms with Crippen LogP contribution in [0, 0.1) is 5.82 Å². The normalized spacial score (nSPS) is 17.3. The summed E-state index contributed by atoms with van der Waals surface area (Å²) in [4.78, 5) is 19.3. The average Bonchev–Trinajstić information content (AvgIpc) is 3.14. The third-order valence-electron chi connectivity index (χ3n) is 6.23. The second-order valence-electron chi connectivity index (χ2n) is 8.22. The van der Waals surface area contributed by atoms with Crippen LogP contribution in [0.2, 0.25) is 5.02 Å². The molecule has 33 heavy (non-hydrogen) atoms. The molecule has 1 atom stereocenters. The van der Waals surface area contributed by atoms with Crippen molar-refractivity contribution in [1.29, 1.82) is 0 Å². The van der Waals surface area contributed by atoms with Crippen LogP contribution < -0.4 is 14.9 Å². The monoisotopic (exact) mass is 472 g/mol. The minimum absolute atomic E-state index is 0.0894. The number of rotatable bonds is 2. The maximum atomic E-state index is 13.6. The summed E-state index contributed by atoms with van der Waals surface area (Å²) in [5.41, 5.74) is 6.22. The summed E-state index contributed by atoms with van der Waals surface area (Å²) in [7, 11) is 0. The molecule has 2 aliphatic rings. The van der Waals surface area contributed by atoms with E-state index in [0.29, 0.717) is 14.4 Å². The molecule has 0 saturated heterocycles. The third kappa shape index (κ3) is 3.48. The molecule has 1 aromatic heterocycles. The van der Waals surface area contributed by atoms with Crippen molar-refractivity contribution in [2.24, 2.45) is 4.99 Å². The smallest absolute Gasteiger partial charge is 0.271 e. The highest BCUT2D eigenvalue weighted by Gasteiger charge is 2.32. The molecular weight excluding hydrogens is 455 g/mol. The van der Waals surface area contributed by atoms with Gasteiger partial charge in [-0.1, -0.05) is 71.5 Å². The van der Waals surface area contributed by atoms with E-state index in [-0.39, 0.29) is 17.4 Å². The van der Waals surface area contributed by atoms with Gasteiger partial charge in [0, 0.05) is 10.6 Å². The predicted octanol–water partition coefficient (Wildman–Crippen LogP) is 5.11. The molecule has 0 fully saturated rings. The van der Waals surface area contributed by atoms with Crippen molar-refractivity contribution in [3.05, 3.63) is 131 Å². The first-order valence-corrected chi connectivity index (χ1v) is 11.9. The van der Waals surface area contributed by atoms with Crippen LogP contribution in [0.1, 0.15) is 34.7 Å². The summed E-state index contributed by atoms with van der Waals surface area (Å²) in [6.45, 7) is 0. The highest BCUT2D eigenvalue weighted by molar-refractivity contribution is 7.07. The maximum Gasteiger partial charge on any atom is 0.271 e. The van der Waals surface area contributed by atoms with Crippen molar-refractivity contribution in [3.8, 4) is 0 Å². The molecule has 1 aliphatic carbocycles. The highest BCUT2D eigenvalue weighted by Crippen LogP contribution is 2.41. The first kappa shape index (κ1) is 20.3. The fraction of sp³-hybridized carbons (Fsp3) is 0.111. The van der Waals surface area contributed by atoms with Crippen LogP contribution in [0.25, 0.3) is 11.8 Å². The van der Waals surface area contributed by atoms with Gasteiger partial charge in [-0.2, -0.15) is 0 Å². The Hall–Kier alpha value is -3.28. The summed E-state index contributed by atoms with van der Waals surface area (Å²) in [6.07, 6.45) is 3.55. The fourth-order valence-electron chi connectivity index (χ4n) is 4.68. The molecule has 4 aromatic rings. The SMILES string of the molecule is O=c1c(=Cc2ccc(F)cc2)sc2n1C(c1ccc(Cl)cc1)C1=C(N=2)c2ccccc2CC1. The first-order chi connectivity index (χ1) is 16.1. The van der Waals surface area contributed by atoms with Gasteiger partial charge in [0.25, 0.3) is 5.56 Å². The lowest BCUT2D eigenvalue weighted by Gasteiger charge is -2.30. The largest absolute Gasteiger partial charge is 0.272 e. The lowest BCUT2D eigenvalue weighted by atomic mass is 9.83. The van der Waals surface area contributed by atoms with Gasteiger partial charge in [0.05, 0.1) is 16.3 Å². The van der Waals surface area contributed by atoms with Gasteiger partial charge >= 0.3 is 0 Å². The van der Waals surface area contributed by atoms with Crippen LogP contribution in [0.4, 0.5) is 4.39 Å². The van der Waals surface area contributed by atoms with Gasteiger partial charge in [0.15, 0.2) is 4.80 Å². The zero-order valence-electron chi connectivity index (χ0n) is 17.5. The van der Waals surface area contributed by atoms with Crippen molar-refractivity contribution in [1.82, 2.24) is 4.57 Å². The van der Waals surface area contributed by atoms with E-state index >= 15 is 0 Å². The zero-order chi connectivity index (χ0) is 22.5. The summed E-state index contributed by atoms with van der Waals surface area (Å²) in [6, 6.07) is 21.9. The number of allylic oxidation sites excluding steroid dienone is 1. The predicted molar refractivity (Wildman–Crippen MR) is 131 cm³/mol. The summed E-state index contributed by atoms with van der Waals surface area (Å²) < 4.78 is 15.7. The molecule has 0 spiro atoms. The highest BCUT2D eigenvalue weighted by atomic mass is 35.5. The number of aromatic nitrogens is 1. The third-order valence-corrected chi connectivity index (χ3v) is 7.46. The lowest BCUT2D eigenvalue weighted by Crippen LogP contribution is -2.38. The maximum absolute atomic E-state index is 13.6. The van der Waals surface area contributed by atoms with Gasteiger partial charge in [-0.05, 0) is 65.4 Å². The van der Waals surface area contributed by atoms with Crippen molar-refractivity contribution < 1.29 is 4.39 Å². The van der Waals surface area contributed by atoms with Crippen LogP contribution in [-0.4, -0.2) is 4.57 Å². The standard InChI is InChI=1S/C27H18ClFN2OS/c28-19-10-7-18(8-11-19)25-22-14-9-17-3-1-2-4-21(17)24(22)30-27-31(25)26(32)23(33-27)15-16-5-12-20(29)13-6-16/h1-8,10-13,15,25H,9,14H2. The molecule has 6 heteroatoms. The number of aryl methyl sites for hydroxylation is 1. The van der Waals surface area contributed by atoms with Crippen LogP contribution in [0.3, 0.4) is 0 Å². The Morgan fingerprint density at radius 3 is 2.55 bits per heavy atom. The molecule has 0 amide bonds. The number of hydrogen-bond acceptors (Lipinski definition) is 3. The van der Waals surface area contributed by atoms with Crippen LogP contribution in [-0.2, 0) is 6.42 Å². The molecule has 0 N–H and O–H groups in total. The summed E-state index contributed by atoms with van der Waals surface area (Å²) >= 11 is 7.53. The lowest BCUT2D eigenvalue weighted by molar-refractivity contribution is 0.585. The molecule has 0 saturated carbocycles. The molecule has 2 heterocycles. The van der Waals surface area contributed by atoms with Crippen LogP contribution >= 0.6 is 22.9 Å². The average molecular weight is 473 g/mol. The second-order valence-corrected chi connectivity index (χ2v) is 9.66. The van der Waals surface area contributed by atoms with Gasteiger partial charge < -0.3 is 0 Å². The Morgan fingerprint density at radius 2 is 1.76 bits per heavy atom. The Kier molecular flexibility index (Phi) is 4.89. The van der Waals surface area contributed by atoms with Gasteiger partial charge in [-0.3, -0.25) is 9.36 Å². The molecule has 162 valence electrons. The van der Waals surface area contributed by atoms with E-state index in [1.807, 2.05) is 30.3 Å².